The number of unbranched alkanes of at least 4 members (excludes halogenated alkanes) is 1. The first-order valence-electron chi connectivity index (χ1n) is 9.14. The molecule has 0 atom stereocenters. The van der Waals surface area contributed by atoms with Gasteiger partial charge in [0, 0.05) is 23.6 Å². The topological polar surface area (TPSA) is 116 Å². The fraction of sp³-hybridized carbons (Fsp3) is 0.350. The molecule has 1 rings (SSSR count). The molecule has 1 aromatic carbocycles. The van der Waals surface area contributed by atoms with E-state index < -0.39 is 39.8 Å². The van der Waals surface area contributed by atoms with Crippen LogP contribution in [0.1, 0.15) is 38.7 Å². The number of halogens is 3. The van der Waals surface area contributed by atoms with E-state index in [9.17, 15) is 36.0 Å². The molecule has 0 spiro atoms. The number of aryl methyl sites for hydroxylation is 1. The van der Waals surface area contributed by atoms with Crippen molar-refractivity contribution in [1.82, 2.24) is 4.72 Å². The van der Waals surface area contributed by atoms with Crippen LogP contribution in [0.15, 0.2) is 42.5 Å². The van der Waals surface area contributed by atoms with E-state index in [2.05, 4.69) is 13.2 Å². The normalized spacial score (nSPS) is 11.4. The summed E-state index contributed by atoms with van der Waals surface area (Å²) >= 11 is 0. The molecule has 0 aromatic heterocycles. The molecule has 0 aliphatic heterocycles. The molecule has 8 nitrogen and oxygen atoms in total. The smallest absolute Gasteiger partial charge is 0.423 e. The Morgan fingerprint density at radius 1 is 1.00 bits per heavy atom. The van der Waals surface area contributed by atoms with Crippen molar-refractivity contribution in [2.75, 3.05) is 0 Å². The van der Waals surface area contributed by atoms with Crippen molar-refractivity contribution in [3.63, 3.8) is 0 Å². The first kappa shape index (κ1) is 26.9. The van der Waals surface area contributed by atoms with Crippen LogP contribution in [0.3, 0.4) is 0 Å². The van der Waals surface area contributed by atoms with Gasteiger partial charge in [-0.05, 0) is 44.7 Å². The molecule has 1 N–H and O–H groups in total. The number of benzene rings is 1. The van der Waals surface area contributed by atoms with Crippen LogP contribution in [0.5, 0.6) is 11.5 Å². The van der Waals surface area contributed by atoms with Crippen LogP contribution in [0.4, 0.5) is 13.2 Å². The van der Waals surface area contributed by atoms with Gasteiger partial charge in [0.05, 0.1) is 0 Å². The number of hydrogen-bond acceptors (Lipinski definition) is 7. The number of alkyl halides is 3. The van der Waals surface area contributed by atoms with Gasteiger partial charge in [0.1, 0.15) is 11.5 Å². The summed E-state index contributed by atoms with van der Waals surface area (Å²) in [6.07, 6.45) is 0.0683. The minimum atomic E-state index is -5.75. The average molecular weight is 477 g/mol. The van der Waals surface area contributed by atoms with Gasteiger partial charge < -0.3 is 9.47 Å². The highest BCUT2D eigenvalue weighted by atomic mass is 32.2. The van der Waals surface area contributed by atoms with E-state index in [1.54, 1.807) is 0 Å². The molecule has 0 radical (unpaired) electrons. The second kappa shape index (κ2) is 10.9. The van der Waals surface area contributed by atoms with Gasteiger partial charge in [-0.3, -0.25) is 4.79 Å². The number of carbonyl (C=O) groups excluding carboxylic acids is 3. The Morgan fingerprint density at radius 2 is 1.56 bits per heavy atom. The van der Waals surface area contributed by atoms with Gasteiger partial charge >= 0.3 is 27.5 Å². The van der Waals surface area contributed by atoms with Gasteiger partial charge in [-0.15, -0.1) is 0 Å². The first-order chi connectivity index (χ1) is 14.6. The summed E-state index contributed by atoms with van der Waals surface area (Å²) < 4.78 is 69.9. The monoisotopic (exact) mass is 477 g/mol. The summed E-state index contributed by atoms with van der Waals surface area (Å²) in [6.45, 7) is 9.81. The Kier molecular flexibility index (Phi) is 9.19. The minimum Gasteiger partial charge on any atom is -0.423 e. The van der Waals surface area contributed by atoms with Crippen LogP contribution < -0.4 is 14.2 Å². The number of carbonyl (C=O) groups is 3. The lowest BCUT2D eigenvalue weighted by molar-refractivity contribution is -0.130. The molecule has 0 unspecified atom stereocenters. The highest BCUT2D eigenvalue weighted by Gasteiger charge is 2.46. The summed E-state index contributed by atoms with van der Waals surface area (Å²) in [7, 11) is -5.75. The van der Waals surface area contributed by atoms with E-state index >= 15 is 0 Å². The van der Waals surface area contributed by atoms with Crippen molar-refractivity contribution in [2.24, 2.45) is 0 Å². The lowest BCUT2D eigenvalue weighted by Gasteiger charge is -2.13. The van der Waals surface area contributed by atoms with Crippen molar-refractivity contribution >= 4 is 27.9 Å². The fourth-order valence-electron chi connectivity index (χ4n) is 2.14. The zero-order valence-electron chi connectivity index (χ0n) is 17.4. The average Bonchev–Trinajstić information content (AvgIpc) is 2.65. The maximum atomic E-state index is 12.3. The molecule has 176 valence electrons. The highest BCUT2D eigenvalue weighted by Crippen LogP contribution is 2.28. The molecule has 0 heterocycles. The Labute approximate surface area is 183 Å². The summed E-state index contributed by atoms with van der Waals surface area (Å²) in [5.41, 5.74) is -4.83. The lowest BCUT2D eigenvalue weighted by Crippen LogP contribution is -2.40. The van der Waals surface area contributed by atoms with Gasteiger partial charge in [-0.25, -0.2) is 14.3 Å². The molecule has 0 saturated carbocycles. The highest BCUT2D eigenvalue weighted by molar-refractivity contribution is 7.90. The van der Waals surface area contributed by atoms with Crippen LogP contribution in [0.25, 0.3) is 0 Å². The standard InChI is InChI=1S/C20H22F3NO7S/c1-12(2)18(26)30-15-10-9-14(16(11-15)31-19(27)13(3)4)7-5-6-8-17(25)24-32(28,29)20(21,22)23/h9-11H,1,3,5-8H2,2,4H3,(H,24,25). The number of rotatable bonds is 10. The number of nitrogens with one attached hydrogen (secondary N) is 1. The SMILES string of the molecule is C=C(C)C(=O)Oc1ccc(CCCCC(=O)NS(=O)(=O)C(F)(F)F)c(OC(=O)C(=C)C)c1. The van der Waals surface area contributed by atoms with E-state index in [0.717, 1.165) is 4.72 Å². The zero-order valence-corrected chi connectivity index (χ0v) is 18.2. The number of sulfonamides is 1. The third-order valence-electron chi connectivity index (χ3n) is 3.80. The van der Waals surface area contributed by atoms with Crippen molar-refractivity contribution in [3.05, 3.63) is 48.1 Å². The summed E-state index contributed by atoms with van der Waals surface area (Å²) in [5.74, 6) is -2.56. The van der Waals surface area contributed by atoms with Crippen molar-refractivity contribution in [2.45, 2.75) is 45.0 Å². The molecule has 0 fully saturated rings. The quantitative estimate of drug-likeness (QED) is 0.238. The van der Waals surface area contributed by atoms with Gasteiger partial charge in [0.2, 0.25) is 5.91 Å². The predicted molar refractivity (Wildman–Crippen MR) is 108 cm³/mol. The second-order valence-electron chi connectivity index (χ2n) is 6.79. The zero-order chi connectivity index (χ0) is 24.7. The van der Waals surface area contributed by atoms with Crippen LogP contribution in [0, 0.1) is 0 Å². The van der Waals surface area contributed by atoms with Crippen molar-refractivity contribution < 1.29 is 45.4 Å². The van der Waals surface area contributed by atoms with Crippen LogP contribution in [0.2, 0.25) is 0 Å². The molecule has 0 saturated heterocycles. The molecule has 12 heteroatoms. The molecule has 0 aliphatic carbocycles. The Balaban J connectivity index is 2.82. The molecule has 0 bridgehead atoms. The maximum absolute atomic E-state index is 12.3. The summed E-state index contributed by atoms with van der Waals surface area (Å²) in [5, 5.41) is 0. The largest absolute Gasteiger partial charge is 0.516 e. The second-order valence-corrected chi connectivity index (χ2v) is 8.46. The summed E-state index contributed by atoms with van der Waals surface area (Å²) in [4.78, 5) is 35.1. The Hall–Kier alpha value is -3.15. The molecular formula is C20H22F3NO7S. The van der Waals surface area contributed by atoms with Gasteiger partial charge in [0.25, 0.3) is 0 Å². The summed E-state index contributed by atoms with van der Waals surface area (Å²) in [6, 6.07) is 4.26. The van der Waals surface area contributed by atoms with Crippen LogP contribution in [-0.4, -0.2) is 31.8 Å². The van der Waals surface area contributed by atoms with E-state index in [1.165, 1.54) is 32.0 Å². The number of amides is 1. The van der Waals surface area contributed by atoms with E-state index in [-0.39, 0.29) is 41.9 Å². The third-order valence-corrected chi connectivity index (χ3v) is 4.91. The van der Waals surface area contributed by atoms with Crippen LogP contribution >= 0.6 is 0 Å². The number of ether oxygens (including phenoxy) is 2. The third kappa shape index (κ3) is 8.17. The van der Waals surface area contributed by atoms with Crippen molar-refractivity contribution in [3.8, 4) is 11.5 Å². The fourth-order valence-corrected chi connectivity index (χ4v) is 2.66. The first-order valence-corrected chi connectivity index (χ1v) is 10.6. The maximum Gasteiger partial charge on any atom is 0.516 e. The van der Waals surface area contributed by atoms with Crippen molar-refractivity contribution in [1.29, 1.82) is 0 Å². The Morgan fingerprint density at radius 3 is 2.09 bits per heavy atom. The molecule has 1 aromatic rings. The van der Waals surface area contributed by atoms with Gasteiger partial charge in [-0.1, -0.05) is 19.2 Å². The predicted octanol–water partition coefficient (Wildman–Crippen LogP) is 3.33. The molecule has 0 aliphatic rings. The van der Waals surface area contributed by atoms with E-state index in [1.807, 2.05) is 0 Å². The van der Waals surface area contributed by atoms with Crippen LogP contribution in [-0.2, 0) is 30.8 Å². The Bertz CT molecular complexity index is 1030. The van der Waals surface area contributed by atoms with E-state index in [4.69, 9.17) is 9.47 Å². The number of hydrogen-bond donors (Lipinski definition) is 1. The lowest BCUT2D eigenvalue weighted by atomic mass is 10.1. The van der Waals surface area contributed by atoms with Gasteiger partial charge in [0.15, 0.2) is 0 Å². The molecule has 1 amide bonds. The van der Waals surface area contributed by atoms with Gasteiger partial charge in [-0.2, -0.15) is 21.6 Å². The minimum absolute atomic E-state index is 0.0550. The molecular weight excluding hydrogens is 455 g/mol. The number of esters is 2. The molecule has 32 heavy (non-hydrogen) atoms. The van der Waals surface area contributed by atoms with E-state index in [0.29, 0.717) is 5.56 Å².